The van der Waals surface area contributed by atoms with E-state index in [1.807, 2.05) is 103 Å². The summed E-state index contributed by atoms with van der Waals surface area (Å²) < 4.78 is 5.89. The molecule has 0 fully saturated rings. The highest BCUT2D eigenvalue weighted by atomic mass is 16.5. The first-order valence-electron chi connectivity index (χ1n) is 11.0. The standard InChI is InChI=1S/C29H27NO3/c1-30-29(32)26-15-9-8-14-25(26)27(22-12-6-3-7-13-22)28(31)23-16-18-24(19-17-23)33-20-21-10-4-2-5-11-21/h2-19,27-28,31H,20H2,1H3,(H,30,32)/t27-,28-/m0/s1. The van der Waals surface area contributed by atoms with E-state index in [9.17, 15) is 9.90 Å². The summed E-state index contributed by atoms with van der Waals surface area (Å²) >= 11 is 0. The van der Waals surface area contributed by atoms with Crippen LogP contribution in [0, 0.1) is 0 Å². The highest BCUT2D eigenvalue weighted by molar-refractivity contribution is 5.95. The summed E-state index contributed by atoms with van der Waals surface area (Å²) in [4.78, 5) is 12.6. The first-order valence-corrected chi connectivity index (χ1v) is 11.0. The molecule has 0 saturated heterocycles. The normalized spacial score (nSPS) is 12.5. The smallest absolute Gasteiger partial charge is 0.251 e. The van der Waals surface area contributed by atoms with E-state index >= 15 is 0 Å². The lowest BCUT2D eigenvalue weighted by atomic mass is 9.81. The molecular weight excluding hydrogens is 410 g/mol. The molecule has 4 heteroatoms. The van der Waals surface area contributed by atoms with Gasteiger partial charge in [-0.25, -0.2) is 0 Å². The lowest BCUT2D eigenvalue weighted by Crippen LogP contribution is -2.22. The second-order valence-corrected chi connectivity index (χ2v) is 7.84. The summed E-state index contributed by atoms with van der Waals surface area (Å²) in [6, 6.07) is 34.7. The van der Waals surface area contributed by atoms with E-state index in [1.165, 1.54) is 0 Å². The van der Waals surface area contributed by atoms with Crippen LogP contribution in [0.5, 0.6) is 5.75 Å². The number of ether oxygens (including phenoxy) is 1. The Hall–Kier alpha value is -3.89. The summed E-state index contributed by atoms with van der Waals surface area (Å²) in [5.41, 5.74) is 4.11. The van der Waals surface area contributed by atoms with Crippen molar-refractivity contribution in [2.45, 2.75) is 18.6 Å². The van der Waals surface area contributed by atoms with Crippen molar-refractivity contribution >= 4 is 5.91 Å². The van der Waals surface area contributed by atoms with Gasteiger partial charge in [0.05, 0.1) is 6.10 Å². The SMILES string of the molecule is CNC(=O)c1ccccc1[C@H](c1ccccc1)[C@@H](O)c1ccc(OCc2ccccc2)cc1. The lowest BCUT2D eigenvalue weighted by molar-refractivity contribution is 0.0960. The Morgan fingerprint density at radius 2 is 1.39 bits per heavy atom. The Kier molecular flexibility index (Phi) is 7.18. The molecule has 2 atom stereocenters. The zero-order valence-electron chi connectivity index (χ0n) is 18.5. The largest absolute Gasteiger partial charge is 0.489 e. The number of carbonyl (C=O) groups is 1. The lowest BCUT2D eigenvalue weighted by Gasteiger charge is -2.26. The minimum atomic E-state index is -0.846. The molecule has 0 radical (unpaired) electrons. The maximum atomic E-state index is 12.6. The van der Waals surface area contributed by atoms with E-state index in [-0.39, 0.29) is 5.91 Å². The van der Waals surface area contributed by atoms with Gasteiger partial charge in [-0.05, 0) is 40.5 Å². The van der Waals surface area contributed by atoms with Crippen molar-refractivity contribution in [3.8, 4) is 5.75 Å². The Balaban J connectivity index is 1.63. The molecule has 0 aliphatic heterocycles. The summed E-state index contributed by atoms with van der Waals surface area (Å²) in [6.45, 7) is 0.481. The van der Waals surface area contributed by atoms with E-state index in [4.69, 9.17) is 4.74 Å². The zero-order valence-corrected chi connectivity index (χ0v) is 18.5. The second kappa shape index (κ2) is 10.6. The number of aliphatic hydroxyl groups is 1. The van der Waals surface area contributed by atoms with Crippen LogP contribution in [0.4, 0.5) is 0 Å². The predicted molar refractivity (Wildman–Crippen MR) is 130 cm³/mol. The Labute approximate surface area is 194 Å². The monoisotopic (exact) mass is 437 g/mol. The van der Waals surface area contributed by atoms with Gasteiger partial charge in [0.2, 0.25) is 0 Å². The van der Waals surface area contributed by atoms with Gasteiger partial charge >= 0.3 is 0 Å². The van der Waals surface area contributed by atoms with Crippen molar-refractivity contribution in [2.24, 2.45) is 0 Å². The van der Waals surface area contributed by atoms with Gasteiger partial charge in [-0.1, -0.05) is 91.0 Å². The van der Waals surface area contributed by atoms with E-state index in [2.05, 4.69) is 5.32 Å². The van der Waals surface area contributed by atoms with Crippen LogP contribution < -0.4 is 10.1 Å². The van der Waals surface area contributed by atoms with Gasteiger partial charge in [0, 0.05) is 18.5 Å². The van der Waals surface area contributed by atoms with E-state index in [0.717, 1.165) is 28.0 Å². The number of hydrogen-bond acceptors (Lipinski definition) is 3. The van der Waals surface area contributed by atoms with E-state index in [0.29, 0.717) is 12.2 Å². The van der Waals surface area contributed by atoms with Gasteiger partial charge in [-0.3, -0.25) is 4.79 Å². The first kappa shape index (κ1) is 22.3. The van der Waals surface area contributed by atoms with Crippen molar-refractivity contribution in [1.29, 1.82) is 0 Å². The molecule has 4 aromatic rings. The minimum Gasteiger partial charge on any atom is -0.489 e. The summed E-state index contributed by atoms with van der Waals surface area (Å²) in [6.07, 6.45) is -0.846. The third-order valence-corrected chi connectivity index (χ3v) is 5.71. The number of rotatable bonds is 8. The predicted octanol–water partition coefficient (Wildman–Crippen LogP) is 5.49. The molecule has 0 unspecified atom stereocenters. The number of aliphatic hydroxyl groups excluding tert-OH is 1. The molecule has 0 aromatic heterocycles. The third-order valence-electron chi connectivity index (χ3n) is 5.71. The zero-order chi connectivity index (χ0) is 23.0. The van der Waals surface area contributed by atoms with Crippen molar-refractivity contribution in [1.82, 2.24) is 5.32 Å². The fraction of sp³-hybridized carbons (Fsp3) is 0.138. The number of benzene rings is 4. The molecule has 2 N–H and O–H groups in total. The van der Waals surface area contributed by atoms with Crippen LogP contribution in [0.15, 0.2) is 109 Å². The van der Waals surface area contributed by atoms with Crippen LogP contribution >= 0.6 is 0 Å². The van der Waals surface area contributed by atoms with Crippen LogP contribution in [-0.2, 0) is 6.61 Å². The topological polar surface area (TPSA) is 58.6 Å². The van der Waals surface area contributed by atoms with Crippen LogP contribution in [0.25, 0.3) is 0 Å². The van der Waals surface area contributed by atoms with Crippen molar-refractivity contribution < 1.29 is 14.6 Å². The van der Waals surface area contributed by atoms with E-state index < -0.39 is 12.0 Å². The van der Waals surface area contributed by atoms with Crippen LogP contribution in [-0.4, -0.2) is 18.1 Å². The molecule has 0 spiro atoms. The average Bonchev–Trinajstić information content (AvgIpc) is 2.89. The van der Waals surface area contributed by atoms with Crippen LogP contribution in [0.2, 0.25) is 0 Å². The quantitative estimate of drug-likeness (QED) is 0.383. The molecule has 33 heavy (non-hydrogen) atoms. The van der Waals surface area contributed by atoms with Crippen LogP contribution in [0.1, 0.15) is 44.6 Å². The maximum absolute atomic E-state index is 12.6. The molecule has 166 valence electrons. The highest BCUT2D eigenvalue weighted by Crippen LogP contribution is 2.38. The molecule has 0 aliphatic carbocycles. The number of nitrogens with one attached hydrogen (secondary N) is 1. The van der Waals surface area contributed by atoms with Gasteiger partial charge < -0.3 is 15.2 Å². The minimum absolute atomic E-state index is 0.177. The molecular formula is C29H27NO3. The summed E-state index contributed by atoms with van der Waals surface area (Å²) in [7, 11) is 1.61. The van der Waals surface area contributed by atoms with Gasteiger partial charge in [-0.15, -0.1) is 0 Å². The molecule has 4 nitrogen and oxygen atoms in total. The fourth-order valence-electron chi connectivity index (χ4n) is 4.00. The van der Waals surface area contributed by atoms with Crippen molar-refractivity contribution in [3.63, 3.8) is 0 Å². The molecule has 0 heterocycles. The Bertz CT molecular complexity index is 1170. The van der Waals surface area contributed by atoms with Gasteiger partial charge in [0.1, 0.15) is 12.4 Å². The van der Waals surface area contributed by atoms with Crippen LogP contribution in [0.3, 0.4) is 0 Å². The maximum Gasteiger partial charge on any atom is 0.251 e. The molecule has 4 aromatic carbocycles. The molecule has 1 amide bonds. The highest BCUT2D eigenvalue weighted by Gasteiger charge is 2.28. The van der Waals surface area contributed by atoms with Gasteiger partial charge in [0.15, 0.2) is 0 Å². The molecule has 0 saturated carbocycles. The number of amides is 1. The fourth-order valence-corrected chi connectivity index (χ4v) is 4.00. The van der Waals surface area contributed by atoms with Gasteiger partial charge in [-0.2, -0.15) is 0 Å². The van der Waals surface area contributed by atoms with Crippen molar-refractivity contribution in [3.05, 3.63) is 137 Å². The number of hydrogen-bond donors (Lipinski definition) is 2. The van der Waals surface area contributed by atoms with E-state index in [1.54, 1.807) is 13.1 Å². The van der Waals surface area contributed by atoms with Gasteiger partial charge in [0.25, 0.3) is 5.91 Å². The molecule has 0 bridgehead atoms. The third kappa shape index (κ3) is 5.30. The molecule has 0 aliphatic rings. The molecule has 4 rings (SSSR count). The summed E-state index contributed by atoms with van der Waals surface area (Å²) in [5, 5.41) is 14.2. The number of carbonyl (C=O) groups excluding carboxylic acids is 1. The first-order chi connectivity index (χ1) is 16.2. The Morgan fingerprint density at radius 1 is 0.788 bits per heavy atom. The second-order valence-electron chi connectivity index (χ2n) is 7.84. The Morgan fingerprint density at radius 3 is 2.06 bits per heavy atom. The van der Waals surface area contributed by atoms with Crippen molar-refractivity contribution in [2.75, 3.05) is 7.05 Å². The average molecular weight is 438 g/mol. The summed E-state index contributed by atoms with van der Waals surface area (Å²) in [5.74, 6) is 0.149.